The van der Waals surface area contributed by atoms with Gasteiger partial charge in [-0.3, -0.25) is 0 Å². The van der Waals surface area contributed by atoms with E-state index in [2.05, 4.69) is 22.4 Å². The number of rotatable bonds is 8. The lowest BCUT2D eigenvalue weighted by Crippen LogP contribution is -2.37. The highest BCUT2D eigenvalue weighted by Gasteiger charge is 2.32. The van der Waals surface area contributed by atoms with Crippen molar-refractivity contribution in [2.45, 2.75) is 64.2 Å². The summed E-state index contributed by atoms with van der Waals surface area (Å²) in [5.41, 5.74) is -2.17. The molecule has 0 aliphatic rings. The lowest BCUT2D eigenvalue weighted by molar-refractivity contribution is 0.232. The van der Waals surface area contributed by atoms with Crippen molar-refractivity contribution >= 4 is 16.6 Å². The second-order valence-electron chi connectivity index (χ2n) is 7.77. The van der Waals surface area contributed by atoms with Crippen molar-refractivity contribution in [3.63, 3.8) is 0 Å². The summed E-state index contributed by atoms with van der Waals surface area (Å²) < 4.78 is 11.5. The molecule has 124 valence electrons. The molecule has 0 amide bonds. The summed E-state index contributed by atoms with van der Waals surface area (Å²) in [4.78, 5) is 0. The van der Waals surface area contributed by atoms with Crippen LogP contribution in [0.4, 0.5) is 0 Å². The predicted molar refractivity (Wildman–Crippen MR) is 91.5 cm³/mol. The van der Waals surface area contributed by atoms with Gasteiger partial charge in [-0.1, -0.05) is 0 Å². The van der Waals surface area contributed by atoms with Crippen molar-refractivity contribution < 1.29 is 8.85 Å². The maximum Gasteiger partial charge on any atom is 0.186 e. The van der Waals surface area contributed by atoms with Crippen molar-refractivity contribution in [2.24, 2.45) is 10.2 Å². The monoisotopic (exact) mass is 340 g/mol. The highest BCUT2D eigenvalue weighted by molar-refractivity contribution is 6.70. The van der Waals surface area contributed by atoms with E-state index >= 15 is 0 Å². The molecule has 22 heavy (non-hydrogen) atoms. The molecule has 0 aliphatic carbocycles. The van der Waals surface area contributed by atoms with Gasteiger partial charge in [0.05, 0.1) is 25.4 Å². The minimum atomic E-state index is -1.74. The van der Waals surface area contributed by atoms with Crippen LogP contribution in [0.1, 0.15) is 13.8 Å². The van der Waals surface area contributed by atoms with Gasteiger partial charge < -0.3 is 8.85 Å². The van der Waals surface area contributed by atoms with Gasteiger partial charge in [-0.05, 0) is 53.1 Å². The molecule has 8 heteroatoms. The average molecular weight is 341 g/mol. The number of nitrogens with zero attached hydrogens (tertiary/aromatic N) is 4. The van der Waals surface area contributed by atoms with Gasteiger partial charge in [0.1, 0.15) is 0 Å². The van der Waals surface area contributed by atoms with Crippen LogP contribution in [-0.2, 0) is 8.85 Å². The van der Waals surface area contributed by atoms with Gasteiger partial charge in [0, 0.05) is 0 Å². The molecule has 0 N–H and O–H groups in total. The zero-order valence-corrected chi connectivity index (χ0v) is 17.0. The molecule has 0 spiro atoms. The van der Waals surface area contributed by atoms with Gasteiger partial charge in [-0.15, -0.1) is 0 Å². The summed E-state index contributed by atoms with van der Waals surface area (Å²) in [6.45, 7) is 15.9. The normalized spacial score (nSPS) is 18.3. The second kappa shape index (κ2) is 7.47. The Bertz CT molecular complexity index is 441. The lowest BCUT2D eigenvalue weighted by Gasteiger charge is -2.25. The fourth-order valence-corrected chi connectivity index (χ4v) is 2.53. The van der Waals surface area contributed by atoms with Crippen LogP contribution in [0.25, 0.3) is 0 Å². The van der Waals surface area contributed by atoms with Crippen LogP contribution in [0, 0.1) is 22.7 Å². The van der Waals surface area contributed by atoms with Crippen molar-refractivity contribution in [3.8, 4) is 12.1 Å². The van der Waals surface area contributed by atoms with Gasteiger partial charge >= 0.3 is 0 Å². The van der Waals surface area contributed by atoms with E-state index in [0.29, 0.717) is 0 Å². The minimum Gasteiger partial charge on any atom is -0.414 e. The van der Waals surface area contributed by atoms with Crippen LogP contribution in [0.3, 0.4) is 0 Å². The van der Waals surface area contributed by atoms with Crippen LogP contribution in [-0.4, -0.2) is 40.9 Å². The van der Waals surface area contributed by atoms with E-state index in [9.17, 15) is 10.5 Å². The third-order valence-electron chi connectivity index (χ3n) is 2.55. The molecule has 0 aliphatic heterocycles. The minimum absolute atomic E-state index is 0.180. The van der Waals surface area contributed by atoms with Crippen LogP contribution < -0.4 is 0 Å². The van der Waals surface area contributed by atoms with E-state index in [0.717, 1.165) is 0 Å². The summed E-state index contributed by atoms with van der Waals surface area (Å²) in [6, 6.07) is 4.23. The fraction of sp³-hybridized carbons (Fsp3) is 0.857. The summed E-state index contributed by atoms with van der Waals surface area (Å²) in [7, 11) is -3.49. The molecule has 0 heterocycles. The van der Waals surface area contributed by atoms with Crippen LogP contribution in [0.15, 0.2) is 10.2 Å². The number of hydrogen-bond donors (Lipinski definition) is 0. The fourth-order valence-electron chi connectivity index (χ4n) is 1.10. The van der Waals surface area contributed by atoms with Crippen molar-refractivity contribution in [2.75, 3.05) is 13.2 Å². The van der Waals surface area contributed by atoms with Crippen LogP contribution in [0.5, 0.6) is 0 Å². The Balaban J connectivity index is 5.00. The van der Waals surface area contributed by atoms with Gasteiger partial charge in [0.15, 0.2) is 27.7 Å². The molecule has 0 saturated carbocycles. The molecular weight excluding hydrogens is 312 g/mol. The third kappa shape index (κ3) is 9.05. The molecule has 6 nitrogen and oxygen atoms in total. The molecule has 0 bridgehead atoms. The summed E-state index contributed by atoms with van der Waals surface area (Å²) in [5, 5.41) is 26.9. The van der Waals surface area contributed by atoms with E-state index in [1.807, 2.05) is 39.3 Å². The first kappa shape index (κ1) is 20.9. The Morgan fingerprint density at radius 3 is 1.23 bits per heavy atom. The molecule has 0 aromatic carbocycles. The summed E-state index contributed by atoms with van der Waals surface area (Å²) in [5.74, 6) is 0. The Morgan fingerprint density at radius 1 is 0.773 bits per heavy atom. The number of nitriles is 2. The summed E-state index contributed by atoms with van der Waals surface area (Å²) in [6.07, 6.45) is 0. The Morgan fingerprint density at radius 2 is 1.05 bits per heavy atom. The Labute approximate surface area is 136 Å². The third-order valence-corrected chi connectivity index (χ3v) is 4.57. The molecule has 0 saturated heterocycles. The van der Waals surface area contributed by atoms with Crippen molar-refractivity contribution in [3.05, 3.63) is 0 Å². The summed E-state index contributed by atoms with van der Waals surface area (Å²) >= 11 is 0. The van der Waals surface area contributed by atoms with Crippen molar-refractivity contribution in [1.29, 1.82) is 10.5 Å². The molecule has 0 fully saturated rings. The molecule has 2 atom stereocenters. The van der Waals surface area contributed by atoms with E-state index in [-0.39, 0.29) is 13.2 Å². The SMILES string of the molecule is CC(C#N)(CO[Si](C)(C)C)N=NC(C)(C#N)CO[Si](C)(C)C. The zero-order valence-electron chi connectivity index (χ0n) is 15.0. The van der Waals surface area contributed by atoms with Gasteiger partial charge in [-0.25, -0.2) is 0 Å². The maximum absolute atomic E-state index is 9.34. The first-order valence-electron chi connectivity index (χ1n) is 7.29. The first-order valence-corrected chi connectivity index (χ1v) is 14.1. The van der Waals surface area contributed by atoms with E-state index in [1.165, 1.54) is 0 Å². The number of azo groups is 1. The van der Waals surface area contributed by atoms with E-state index in [1.54, 1.807) is 13.8 Å². The first-order chi connectivity index (χ1) is 9.74. The molecule has 0 aromatic rings. The Hall–Kier alpha value is -1.07. The van der Waals surface area contributed by atoms with Gasteiger partial charge in [0.25, 0.3) is 0 Å². The quantitative estimate of drug-likeness (QED) is 0.497. The predicted octanol–water partition coefficient (Wildman–Crippen LogP) is 3.71. The van der Waals surface area contributed by atoms with Gasteiger partial charge in [-0.2, -0.15) is 20.8 Å². The van der Waals surface area contributed by atoms with Crippen LogP contribution >= 0.6 is 0 Å². The molecule has 0 radical (unpaired) electrons. The standard InChI is InChI=1S/C14H28N4O2Si2/c1-13(9-15,11-19-21(3,4)5)17-18-14(2,10-16)12-20-22(6,7)8/h11-12H2,1-8H3. The highest BCUT2D eigenvalue weighted by atomic mass is 28.4. The van der Waals surface area contributed by atoms with E-state index < -0.39 is 27.7 Å². The average Bonchev–Trinajstić information content (AvgIpc) is 2.39. The number of hydrogen-bond acceptors (Lipinski definition) is 6. The highest BCUT2D eigenvalue weighted by Crippen LogP contribution is 2.19. The Kier molecular flexibility index (Phi) is 7.11. The smallest absolute Gasteiger partial charge is 0.186 e. The molecule has 2 unspecified atom stereocenters. The maximum atomic E-state index is 9.34. The molecule has 0 rings (SSSR count). The van der Waals surface area contributed by atoms with E-state index in [4.69, 9.17) is 8.85 Å². The van der Waals surface area contributed by atoms with Gasteiger partial charge in [0.2, 0.25) is 0 Å². The van der Waals surface area contributed by atoms with Crippen molar-refractivity contribution in [1.82, 2.24) is 0 Å². The molecular formula is C14H28N4O2Si2. The topological polar surface area (TPSA) is 90.8 Å². The van der Waals surface area contributed by atoms with Crippen LogP contribution in [0.2, 0.25) is 39.3 Å². The largest absolute Gasteiger partial charge is 0.414 e. The lowest BCUT2D eigenvalue weighted by atomic mass is 10.1. The molecule has 0 aromatic heterocycles. The second-order valence-corrected chi connectivity index (χ2v) is 16.8. The zero-order chi connectivity index (χ0) is 17.7.